The maximum absolute atomic E-state index is 12.7. The summed E-state index contributed by atoms with van der Waals surface area (Å²) in [6.07, 6.45) is 4.13. The minimum absolute atomic E-state index is 0.0246. The van der Waals surface area contributed by atoms with Crippen molar-refractivity contribution in [3.05, 3.63) is 55.0 Å². The number of pyridine rings is 1. The van der Waals surface area contributed by atoms with Crippen LogP contribution in [-0.4, -0.2) is 84.7 Å². The van der Waals surface area contributed by atoms with Gasteiger partial charge in [0.05, 0.1) is 39.3 Å². The lowest BCUT2D eigenvalue weighted by molar-refractivity contribution is -0.131. The van der Waals surface area contributed by atoms with Gasteiger partial charge in [-0.15, -0.1) is 0 Å². The van der Waals surface area contributed by atoms with Gasteiger partial charge in [-0.3, -0.25) is 14.3 Å². The summed E-state index contributed by atoms with van der Waals surface area (Å²) in [5, 5.41) is 6.96. The molecule has 3 aromatic rings. The van der Waals surface area contributed by atoms with Gasteiger partial charge in [0.15, 0.2) is 0 Å². The summed E-state index contributed by atoms with van der Waals surface area (Å²) in [5.74, 6) is 1.95. The zero-order valence-electron chi connectivity index (χ0n) is 21.5. The van der Waals surface area contributed by atoms with E-state index in [1.54, 1.807) is 49.7 Å². The quantitative estimate of drug-likeness (QED) is 0.378. The maximum Gasteiger partial charge on any atom is 0.253 e. The van der Waals surface area contributed by atoms with E-state index in [0.717, 1.165) is 0 Å². The molecule has 0 unspecified atom stereocenters. The largest absolute Gasteiger partial charge is 0.497 e. The molecule has 0 spiro atoms. The van der Waals surface area contributed by atoms with Gasteiger partial charge in [0.2, 0.25) is 11.8 Å². The summed E-state index contributed by atoms with van der Waals surface area (Å²) in [4.78, 5) is 30.9. The minimum Gasteiger partial charge on any atom is -0.497 e. The first kappa shape index (κ1) is 26.7. The van der Waals surface area contributed by atoms with Crippen LogP contribution in [0.2, 0.25) is 0 Å². The van der Waals surface area contributed by atoms with Crippen molar-refractivity contribution in [3.8, 4) is 23.1 Å². The zero-order valence-corrected chi connectivity index (χ0v) is 21.5. The standard InChI is InChI=1S/C26H31N5O7/c1-30(9-10-36-20-6-4-5-19(11-20)34-2)25(32)16-31-15-18(14-28-31)29-26(33)23-12-22(17-37-23)38-21-7-8-27-24(13-21)35-3/h4-8,11,13-15,22-23H,9-10,12,16-17H2,1-3H3,(H,29,33)/t22-,23+/m0/s1. The fraction of sp³-hybridized carbons (Fsp3) is 0.385. The highest BCUT2D eigenvalue weighted by atomic mass is 16.6. The molecule has 12 nitrogen and oxygen atoms in total. The molecule has 12 heteroatoms. The molecule has 0 bridgehead atoms. The third-order valence-corrected chi connectivity index (χ3v) is 5.83. The smallest absolute Gasteiger partial charge is 0.253 e. The Kier molecular flexibility index (Phi) is 8.98. The van der Waals surface area contributed by atoms with E-state index in [-0.39, 0.29) is 31.1 Å². The predicted octanol–water partition coefficient (Wildman–Crippen LogP) is 2.01. The molecular weight excluding hydrogens is 494 g/mol. The molecule has 202 valence electrons. The number of methoxy groups -OCH3 is 2. The lowest BCUT2D eigenvalue weighted by Gasteiger charge is -2.17. The Labute approximate surface area is 220 Å². The number of likely N-dealkylation sites (N-methyl/N-ethyl adjacent to an activating group) is 1. The summed E-state index contributed by atoms with van der Waals surface area (Å²) in [7, 11) is 4.82. The predicted molar refractivity (Wildman–Crippen MR) is 137 cm³/mol. The fourth-order valence-electron chi connectivity index (χ4n) is 3.74. The van der Waals surface area contributed by atoms with Crippen LogP contribution in [-0.2, 0) is 20.9 Å². The molecule has 0 aliphatic carbocycles. The molecule has 2 atom stereocenters. The van der Waals surface area contributed by atoms with Crippen molar-refractivity contribution in [2.24, 2.45) is 0 Å². The number of hydrogen-bond donors (Lipinski definition) is 1. The van der Waals surface area contributed by atoms with Crippen molar-refractivity contribution in [1.82, 2.24) is 19.7 Å². The SMILES string of the molecule is COc1cccc(OCCN(C)C(=O)Cn2cc(NC(=O)[C@H]3C[C@H](Oc4ccnc(OC)c4)CO3)cn2)c1. The number of carbonyl (C=O) groups excluding carboxylic acids is 2. The molecule has 1 aromatic carbocycles. The van der Waals surface area contributed by atoms with Crippen molar-refractivity contribution < 1.29 is 33.3 Å². The van der Waals surface area contributed by atoms with Gasteiger partial charge in [-0.25, -0.2) is 4.98 Å². The normalized spacial score (nSPS) is 16.5. The van der Waals surface area contributed by atoms with E-state index in [2.05, 4.69) is 15.4 Å². The van der Waals surface area contributed by atoms with Crippen molar-refractivity contribution in [1.29, 1.82) is 0 Å². The first-order valence-corrected chi connectivity index (χ1v) is 12.1. The molecule has 1 N–H and O–H groups in total. The molecule has 0 saturated carbocycles. The number of benzene rings is 1. The highest BCUT2D eigenvalue weighted by molar-refractivity contribution is 5.94. The van der Waals surface area contributed by atoms with Gasteiger partial charge in [0.1, 0.15) is 42.6 Å². The topological polar surface area (TPSA) is 126 Å². The second-order valence-corrected chi connectivity index (χ2v) is 8.59. The van der Waals surface area contributed by atoms with Gasteiger partial charge in [0.25, 0.3) is 5.91 Å². The van der Waals surface area contributed by atoms with Crippen molar-refractivity contribution >= 4 is 17.5 Å². The van der Waals surface area contributed by atoms with E-state index in [1.165, 1.54) is 18.0 Å². The van der Waals surface area contributed by atoms with Crippen LogP contribution < -0.4 is 24.3 Å². The lowest BCUT2D eigenvalue weighted by Crippen LogP contribution is -2.33. The molecule has 1 saturated heterocycles. The van der Waals surface area contributed by atoms with E-state index in [1.807, 2.05) is 18.2 Å². The van der Waals surface area contributed by atoms with Crippen molar-refractivity contribution in [3.63, 3.8) is 0 Å². The number of amides is 2. The summed E-state index contributed by atoms with van der Waals surface area (Å²) < 4.78 is 28.9. The molecule has 2 amide bonds. The molecular formula is C26H31N5O7. The zero-order chi connectivity index (χ0) is 26.9. The Balaban J connectivity index is 1.19. The van der Waals surface area contributed by atoms with Crippen LogP contribution in [0.5, 0.6) is 23.1 Å². The van der Waals surface area contributed by atoms with E-state index >= 15 is 0 Å². The number of anilines is 1. The Morgan fingerprint density at radius 2 is 2.00 bits per heavy atom. The highest BCUT2D eigenvalue weighted by Gasteiger charge is 2.32. The second-order valence-electron chi connectivity index (χ2n) is 8.59. The molecule has 38 heavy (non-hydrogen) atoms. The number of ether oxygens (including phenoxy) is 5. The fourth-order valence-corrected chi connectivity index (χ4v) is 3.74. The van der Waals surface area contributed by atoms with Gasteiger partial charge in [-0.05, 0) is 18.2 Å². The highest BCUT2D eigenvalue weighted by Crippen LogP contribution is 2.23. The Morgan fingerprint density at radius 1 is 1.16 bits per heavy atom. The van der Waals surface area contributed by atoms with Crippen molar-refractivity contribution in [2.75, 3.05) is 46.3 Å². The van der Waals surface area contributed by atoms with E-state index < -0.39 is 6.10 Å². The number of hydrogen-bond acceptors (Lipinski definition) is 9. The lowest BCUT2D eigenvalue weighted by atomic mass is 10.2. The van der Waals surface area contributed by atoms with E-state index in [9.17, 15) is 9.59 Å². The maximum atomic E-state index is 12.7. The number of rotatable bonds is 12. The molecule has 3 heterocycles. The van der Waals surface area contributed by atoms with Gasteiger partial charge < -0.3 is 33.9 Å². The van der Waals surface area contributed by atoms with Crippen LogP contribution in [0, 0.1) is 0 Å². The van der Waals surface area contributed by atoms with Crippen LogP contribution in [0.1, 0.15) is 6.42 Å². The third-order valence-electron chi connectivity index (χ3n) is 5.83. The monoisotopic (exact) mass is 525 g/mol. The van der Waals surface area contributed by atoms with Gasteiger partial charge in [-0.2, -0.15) is 5.10 Å². The van der Waals surface area contributed by atoms with Crippen LogP contribution >= 0.6 is 0 Å². The molecule has 4 rings (SSSR count). The third kappa shape index (κ3) is 7.35. The number of aromatic nitrogens is 3. The number of carbonyl (C=O) groups is 2. The molecule has 2 aromatic heterocycles. The van der Waals surface area contributed by atoms with E-state index in [0.29, 0.717) is 48.4 Å². The van der Waals surface area contributed by atoms with E-state index in [4.69, 9.17) is 23.7 Å². The van der Waals surface area contributed by atoms with Crippen LogP contribution in [0.25, 0.3) is 0 Å². The van der Waals surface area contributed by atoms with Crippen molar-refractivity contribution in [2.45, 2.75) is 25.2 Å². The van der Waals surface area contributed by atoms with Crippen LogP contribution in [0.4, 0.5) is 5.69 Å². The Hall–Kier alpha value is -4.32. The van der Waals surface area contributed by atoms with Gasteiger partial charge in [0, 0.05) is 38.0 Å². The number of nitrogens with one attached hydrogen (secondary N) is 1. The summed E-state index contributed by atoms with van der Waals surface area (Å²) >= 11 is 0. The summed E-state index contributed by atoms with van der Waals surface area (Å²) in [6, 6.07) is 10.7. The average Bonchev–Trinajstić information content (AvgIpc) is 3.58. The molecule has 1 aliphatic heterocycles. The molecule has 1 aliphatic rings. The Bertz CT molecular complexity index is 1230. The first-order valence-electron chi connectivity index (χ1n) is 12.1. The molecule has 1 fully saturated rings. The Morgan fingerprint density at radius 3 is 2.82 bits per heavy atom. The average molecular weight is 526 g/mol. The van der Waals surface area contributed by atoms with Crippen LogP contribution in [0.3, 0.4) is 0 Å². The van der Waals surface area contributed by atoms with Crippen LogP contribution in [0.15, 0.2) is 55.0 Å². The minimum atomic E-state index is -0.663. The van der Waals surface area contributed by atoms with Gasteiger partial charge >= 0.3 is 0 Å². The second kappa shape index (κ2) is 12.8. The number of nitrogens with zero attached hydrogens (tertiary/aromatic N) is 4. The summed E-state index contributed by atoms with van der Waals surface area (Å²) in [6.45, 7) is 1.03. The summed E-state index contributed by atoms with van der Waals surface area (Å²) in [5.41, 5.74) is 0.471. The molecule has 0 radical (unpaired) electrons. The first-order chi connectivity index (χ1) is 18.4. The van der Waals surface area contributed by atoms with Gasteiger partial charge in [-0.1, -0.05) is 6.07 Å².